The topological polar surface area (TPSA) is 74.9 Å². The maximum Gasteiger partial charge on any atom is 0.295 e. The zero-order chi connectivity index (χ0) is 20.8. The summed E-state index contributed by atoms with van der Waals surface area (Å²) in [5, 5.41) is 10.9. The van der Waals surface area contributed by atoms with Gasteiger partial charge in [0.25, 0.3) is 11.7 Å². The van der Waals surface area contributed by atoms with Gasteiger partial charge in [-0.1, -0.05) is 36.4 Å². The van der Waals surface area contributed by atoms with Gasteiger partial charge < -0.3 is 14.9 Å². The van der Waals surface area contributed by atoms with Gasteiger partial charge in [-0.25, -0.2) is 0 Å². The highest BCUT2D eigenvalue weighted by Gasteiger charge is 2.46. The summed E-state index contributed by atoms with van der Waals surface area (Å²) in [6.45, 7) is 7.68. The van der Waals surface area contributed by atoms with Gasteiger partial charge in [-0.2, -0.15) is 0 Å². The van der Waals surface area contributed by atoms with Crippen LogP contribution in [0.25, 0.3) is 5.76 Å². The van der Waals surface area contributed by atoms with Crippen LogP contribution >= 0.6 is 0 Å². The number of carbonyl (C=O) groups is 2. The molecule has 1 aliphatic heterocycles. The molecule has 1 amide bonds. The van der Waals surface area contributed by atoms with E-state index in [9.17, 15) is 14.7 Å². The van der Waals surface area contributed by atoms with Crippen molar-refractivity contribution in [1.29, 1.82) is 0 Å². The summed E-state index contributed by atoms with van der Waals surface area (Å²) in [7, 11) is 0. The number of likely N-dealkylation sites (tertiary alicyclic amines) is 1. The predicted molar refractivity (Wildman–Crippen MR) is 111 cm³/mol. The zero-order valence-electron chi connectivity index (χ0n) is 17.0. The van der Waals surface area contributed by atoms with Crippen LogP contribution in [0, 0.1) is 0 Å². The highest BCUT2D eigenvalue weighted by molar-refractivity contribution is 6.46. The maximum absolute atomic E-state index is 12.9. The number of amides is 1. The Balaban J connectivity index is 1.98. The summed E-state index contributed by atoms with van der Waals surface area (Å²) in [6.07, 6.45) is 2.41. The molecule has 0 bridgehead atoms. The van der Waals surface area contributed by atoms with Crippen molar-refractivity contribution < 1.29 is 19.6 Å². The summed E-state index contributed by atoms with van der Waals surface area (Å²) >= 11 is 0. The summed E-state index contributed by atoms with van der Waals surface area (Å²) < 4.78 is 0. The molecule has 6 nitrogen and oxygen atoms in total. The molecular formula is C23H28N3O3+. The summed E-state index contributed by atoms with van der Waals surface area (Å²) in [6, 6.07) is 13.6. The van der Waals surface area contributed by atoms with Crippen LogP contribution < -0.4 is 4.90 Å². The van der Waals surface area contributed by atoms with Crippen LogP contribution in [0.3, 0.4) is 0 Å². The minimum atomic E-state index is -0.678. The monoisotopic (exact) mass is 394 g/mol. The van der Waals surface area contributed by atoms with Crippen LogP contribution in [-0.2, 0) is 9.59 Å². The Bertz CT molecular complexity index is 877. The zero-order valence-corrected chi connectivity index (χ0v) is 17.0. The Labute approximate surface area is 171 Å². The third-order valence-electron chi connectivity index (χ3n) is 5.48. The van der Waals surface area contributed by atoms with E-state index in [1.165, 1.54) is 4.90 Å². The molecule has 1 saturated heterocycles. The highest BCUT2D eigenvalue weighted by atomic mass is 16.3. The molecule has 0 radical (unpaired) electrons. The van der Waals surface area contributed by atoms with Crippen LogP contribution in [0.1, 0.15) is 37.6 Å². The minimum absolute atomic E-state index is 0.107. The lowest BCUT2D eigenvalue weighted by Gasteiger charge is -2.25. The van der Waals surface area contributed by atoms with Gasteiger partial charge in [-0.15, -0.1) is 0 Å². The Kier molecular flexibility index (Phi) is 6.77. The van der Waals surface area contributed by atoms with Gasteiger partial charge in [0.2, 0.25) is 0 Å². The van der Waals surface area contributed by atoms with E-state index in [0.29, 0.717) is 17.8 Å². The fraction of sp³-hybridized carbons (Fsp3) is 0.348. The van der Waals surface area contributed by atoms with E-state index in [1.807, 2.05) is 12.1 Å². The van der Waals surface area contributed by atoms with Gasteiger partial charge in [0, 0.05) is 24.7 Å². The molecule has 2 N–H and O–H groups in total. The first kappa shape index (κ1) is 20.7. The number of carbonyl (C=O) groups excluding carboxylic acids is 2. The van der Waals surface area contributed by atoms with Crippen molar-refractivity contribution in [2.75, 3.05) is 26.2 Å². The molecule has 0 unspecified atom stereocenters. The largest absolute Gasteiger partial charge is 0.507 e. The van der Waals surface area contributed by atoms with Gasteiger partial charge in [-0.05, 0) is 26.0 Å². The number of ketones is 1. The molecule has 1 aromatic carbocycles. The Morgan fingerprint density at radius 1 is 1.07 bits per heavy atom. The van der Waals surface area contributed by atoms with E-state index in [-0.39, 0.29) is 11.3 Å². The summed E-state index contributed by atoms with van der Waals surface area (Å²) in [5.74, 6) is -1.39. The van der Waals surface area contributed by atoms with Crippen LogP contribution in [0.2, 0.25) is 0 Å². The predicted octanol–water partition coefficient (Wildman–Crippen LogP) is 1.82. The van der Waals surface area contributed by atoms with Gasteiger partial charge in [0.05, 0.1) is 30.9 Å². The molecule has 1 aromatic heterocycles. The number of benzene rings is 1. The first-order valence-electron chi connectivity index (χ1n) is 10.2. The van der Waals surface area contributed by atoms with E-state index in [0.717, 1.165) is 26.1 Å². The fourth-order valence-electron chi connectivity index (χ4n) is 3.81. The van der Waals surface area contributed by atoms with E-state index in [4.69, 9.17) is 0 Å². The number of aliphatic hydroxyl groups is 1. The van der Waals surface area contributed by atoms with Crippen molar-refractivity contribution in [1.82, 2.24) is 9.88 Å². The number of aromatic nitrogens is 1. The molecule has 152 valence electrons. The van der Waals surface area contributed by atoms with Crippen molar-refractivity contribution in [3.8, 4) is 0 Å². The third-order valence-corrected chi connectivity index (χ3v) is 5.48. The van der Waals surface area contributed by atoms with E-state index in [2.05, 4.69) is 18.8 Å². The fourth-order valence-corrected chi connectivity index (χ4v) is 3.81. The van der Waals surface area contributed by atoms with Gasteiger partial charge in [0.15, 0.2) is 0 Å². The second-order valence-corrected chi connectivity index (χ2v) is 7.17. The molecule has 0 saturated carbocycles. The molecule has 1 atom stereocenters. The normalized spacial score (nSPS) is 18.6. The molecule has 3 rings (SSSR count). The SMILES string of the molecule is CC[NH+](CC)CCCN1C(=O)C(=O)C(=C(O)c2ccccc2)[C@@H]1c1ccccn1. The molecule has 0 aliphatic carbocycles. The van der Waals surface area contributed by atoms with Crippen LogP contribution in [0.5, 0.6) is 0 Å². The number of quaternary nitrogens is 1. The van der Waals surface area contributed by atoms with E-state index >= 15 is 0 Å². The maximum atomic E-state index is 12.9. The number of rotatable bonds is 8. The molecule has 2 aromatic rings. The van der Waals surface area contributed by atoms with Crippen LogP contribution in [-0.4, -0.2) is 52.9 Å². The number of nitrogens with zero attached hydrogens (tertiary/aromatic N) is 2. The molecular weight excluding hydrogens is 366 g/mol. The number of pyridine rings is 1. The van der Waals surface area contributed by atoms with Crippen molar-refractivity contribution >= 4 is 17.4 Å². The minimum Gasteiger partial charge on any atom is -0.507 e. The molecule has 6 heteroatoms. The Morgan fingerprint density at radius 3 is 2.38 bits per heavy atom. The lowest BCUT2D eigenvalue weighted by molar-refractivity contribution is -0.896. The second-order valence-electron chi connectivity index (χ2n) is 7.17. The second kappa shape index (κ2) is 9.47. The van der Waals surface area contributed by atoms with Gasteiger partial charge >= 0.3 is 0 Å². The average molecular weight is 394 g/mol. The van der Waals surface area contributed by atoms with E-state index < -0.39 is 17.7 Å². The molecule has 1 aliphatic rings. The van der Waals surface area contributed by atoms with Crippen molar-refractivity contribution in [2.24, 2.45) is 0 Å². The molecule has 2 heterocycles. The van der Waals surface area contributed by atoms with Crippen LogP contribution in [0.15, 0.2) is 60.3 Å². The smallest absolute Gasteiger partial charge is 0.295 e. The summed E-state index contributed by atoms with van der Waals surface area (Å²) in [5.41, 5.74) is 1.20. The highest BCUT2D eigenvalue weighted by Crippen LogP contribution is 2.38. The number of Topliss-reactive ketones (excluding diaryl/α,β-unsaturated/α-hetero) is 1. The first-order valence-corrected chi connectivity index (χ1v) is 10.2. The Hall–Kier alpha value is -2.99. The first-order chi connectivity index (χ1) is 14.1. The standard InChI is InChI=1S/C23H27N3O3/c1-3-25(4-2)15-10-16-26-20(18-13-8-9-14-24-18)19(22(28)23(26)29)21(27)17-11-6-5-7-12-17/h5-9,11-14,20,27H,3-4,10,15-16H2,1-2H3/p+1/t20-/m0/s1. The number of nitrogens with one attached hydrogen (secondary N) is 1. The van der Waals surface area contributed by atoms with E-state index in [1.54, 1.807) is 47.5 Å². The number of hydrogen-bond acceptors (Lipinski definition) is 4. The third kappa shape index (κ3) is 4.38. The van der Waals surface area contributed by atoms with Gasteiger partial charge in [0.1, 0.15) is 11.8 Å². The average Bonchev–Trinajstić information content (AvgIpc) is 3.02. The lowest BCUT2D eigenvalue weighted by Crippen LogP contribution is -3.11. The quantitative estimate of drug-likeness (QED) is 0.407. The Morgan fingerprint density at radius 2 is 1.76 bits per heavy atom. The molecule has 29 heavy (non-hydrogen) atoms. The number of aliphatic hydroxyl groups excluding tert-OH is 1. The lowest BCUT2D eigenvalue weighted by atomic mass is 9.98. The van der Waals surface area contributed by atoms with Crippen molar-refractivity contribution in [3.63, 3.8) is 0 Å². The van der Waals surface area contributed by atoms with Crippen LogP contribution in [0.4, 0.5) is 0 Å². The molecule has 0 spiro atoms. The number of hydrogen-bond donors (Lipinski definition) is 2. The van der Waals surface area contributed by atoms with Crippen molar-refractivity contribution in [3.05, 3.63) is 71.6 Å². The van der Waals surface area contributed by atoms with Gasteiger partial charge in [-0.3, -0.25) is 14.6 Å². The molecule has 1 fully saturated rings. The summed E-state index contributed by atoms with van der Waals surface area (Å²) in [4.78, 5) is 33.1. The van der Waals surface area contributed by atoms with Crippen molar-refractivity contribution in [2.45, 2.75) is 26.3 Å².